The lowest BCUT2D eigenvalue weighted by Crippen LogP contribution is -2.12. The predicted octanol–water partition coefficient (Wildman–Crippen LogP) is 29.6. The number of anilines is 12. The van der Waals surface area contributed by atoms with Crippen molar-refractivity contribution in [3.8, 4) is 11.1 Å². The SMILES string of the molecule is Cc1ccc(N(c2ccc(C)cc2)c2ccc3c(c2)oc2cc4cc5oc6cc(N(c7ccc(C)cc7)c7ccc(C)c(-c8ccc(N(c9ccc%10c(c9)oc9cc%11cc%12oc%13cc(N(c%14ccccc%14C)c%14ccccc%14C)ccc%13c%12cc%11cc9%10)c9ccccc9C)c(C)c8)c7)ccc6c5cc4cc23)cc1. The number of hydrogen-bond donors (Lipinski definition) is 0. The molecule has 20 rings (SSSR count). The number of para-hydroxylation sites is 3. The second kappa shape index (κ2) is 25.1. The molecule has 518 valence electrons. The Bertz CT molecular complexity index is 6960. The number of benzene rings is 16. The lowest BCUT2D eigenvalue weighted by atomic mass is 9.96. The van der Waals surface area contributed by atoms with Crippen molar-refractivity contribution in [2.45, 2.75) is 55.4 Å². The largest absolute Gasteiger partial charge is 0.456 e. The molecule has 0 radical (unpaired) electrons. The summed E-state index contributed by atoms with van der Waals surface area (Å²) in [6, 6.07) is 110. The first-order valence-corrected chi connectivity index (χ1v) is 37.1. The van der Waals surface area contributed by atoms with E-state index < -0.39 is 0 Å². The Balaban J connectivity index is 0.618. The zero-order chi connectivity index (χ0) is 72.7. The van der Waals surface area contributed by atoms with Crippen molar-refractivity contribution in [3.05, 3.63) is 348 Å². The van der Waals surface area contributed by atoms with Gasteiger partial charge in [-0.1, -0.05) is 120 Å². The van der Waals surface area contributed by atoms with Gasteiger partial charge in [0.05, 0.1) is 0 Å². The van der Waals surface area contributed by atoms with Gasteiger partial charge in [-0.25, -0.2) is 0 Å². The van der Waals surface area contributed by atoms with Crippen molar-refractivity contribution in [3.63, 3.8) is 0 Å². The minimum Gasteiger partial charge on any atom is -0.456 e. The van der Waals surface area contributed by atoms with Crippen molar-refractivity contribution >= 4 is 178 Å². The van der Waals surface area contributed by atoms with Crippen LogP contribution < -0.4 is 19.6 Å². The summed E-state index contributed by atoms with van der Waals surface area (Å²) in [7, 11) is 0. The van der Waals surface area contributed by atoms with E-state index in [2.05, 4.69) is 378 Å². The fourth-order valence-electron chi connectivity index (χ4n) is 16.5. The maximum atomic E-state index is 6.91. The van der Waals surface area contributed by atoms with E-state index in [9.17, 15) is 0 Å². The molecule has 20 aromatic rings. The predicted molar refractivity (Wildman–Crippen MR) is 453 cm³/mol. The van der Waals surface area contributed by atoms with Crippen LogP contribution in [-0.4, -0.2) is 0 Å². The Morgan fingerprint density at radius 2 is 0.463 bits per heavy atom. The van der Waals surface area contributed by atoms with E-state index in [4.69, 9.17) is 17.7 Å². The molecule has 8 heteroatoms. The van der Waals surface area contributed by atoms with Gasteiger partial charge in [0.15, 0.2) is 0 Å². The third kappa shape index (κ3) is 10.8. The van der Waals surface area contributed by atoms with Gasteiger partial charge in [-0.05, 0) is 292 Å². The summed E-state index contributed by atoms with van der Waals surface area (Å²) in [6.45, 7) is 17.3. The molecule has 0 atom stereocenters. The minimum absolute atomic E-state index is 0.814. The van der Waals surface area contributed by atoms with Crippen LogP contribution in [0, 0.1) is 55.4 Å². The Kier molecular flexibility index (Phi) is 14.9. The number of hydrogen-bond acceptors (Lipinski definition) is 8. The van der Waals surface area contributed by atoms with E-state index in [1.807, 2.05) is 0 Å². The third-order valence-electron chi connectivity index (χ3n) is 22.2. The van der Waals surface area contributed by atoms with Crippen molar-refractivity contribution in [2.24, 2.45) is 0 Å². The van der Waals surface area contributed by atoms with Gasteiger partial charge in [-0.15, -0.1) is 0 Å². The van der Waals surface area contributed by atoms with Crippen LogP contribution in [-0.2, 0) is 0 Å². The van der Waals surface area contributed by atoms with Crippen molar-refractivity contribution in [1.29, 1.82) is 0 Å². The van der Waals surface area contributed by atoms with Gasteiger partial charge in [0.25, 0.3) is 0 Å². The van der Waals surface area contributed by atoms with E-state index in [1.165, 1.54) is 33.4 Å². The Labute approximate surface area is 625 Å². The quantitative estimate of drug-likeness (QED) is 0.113. The lowest BCUT2D eigenvalue weighted by molar-refractivity contribution is 0.668. The van der Waals surface area contributed by atoms with E-state index in [0.717, 1.165) is 200 Å². The fraction of sp³-hybridized carbons (Fsp3) is 0.0800. The molecule has 0 unspecified atom stereocenters. The zero-order valence-corrected chi connectivity index (χ0v) is 61.3. The zero-order valence-electron chi connectivity index (χ0n) is 61.3. The van der Waals surface area contributed by atoms with E-state index in [-0.39, 0.29) is 0 Å². The van der Waals surface area contributed by atoms with Crippen molar-refractivity contribution < 1.29 is 17.7 Å². The van der Waals surface area contributed by atoms with Crippen LogP contribution in [0.4, 0.5) is 68.2 Å². The van der Waals surface area contributed by atoms with Crippen LogP contribution in [0.2, 0.25) is 0 Å². The van der Waals surface area contributed by atoms with Crippen molar-refractivity contribution in [2.75, 3.05) is 19.6 Å². The van der Waals surface area contributed by atoms with E-state index in [0.29, 0.717) is 0 Å². The summed E-state index contributed by atoms with van der Waals surface area (Å²) in [5.41, 5.74) is 31.2. The summed E-state index contributed by atoms with van der Waals surface area (Å²) in [5, 5.41) is 12.9. The molecule has 0 aliphatic rings. The highest BCUT2D eigenvalue weighted by atomic mass is 16.3. The van der Waals surface area contributed by atoms with Crippen LogP contribution in [0.15, 0.2) is 321 Å². The molecule has 0 bridgehead atoms. The summed E-state index contributed by atoms with van der Waals surface area (Å²) in [6.07, 6.45) is 0. The molecule has 4 heterocycles. The Morgan fingerprint density at radius 3 is 0.806 bits per heavy atom. The van der Waals surface area contributed by atoms with Crippen LogP contribution in [0.1, 0.15) is 44.5 Å². The number of aryl methyl sites for hydroxylation is 8. The summed E-state index contributed by atoms with van der Waals surface area (Å²) < 4.78 is 27.4. The molecule has 0 spiro atoms. The van der Waals surface area contributed by atoms with Crippen LogP contribution >= 0.6 is 0 Å². The number of fused-ring (bicyclic) bond motifs is 14. The average Bonchev–Trinajstić information content (AvgIpc) is 1.60. The van der Waals surface area contributed by atoms with Gasteiger partial charge < -0.3 is 37.3 Å². The highest BCUT2D eigenvalue weighted by Crippen LogP contribution is 2.49. The second-order valence-corrected chi connectivity index (χ2v) is 29.4. The van der Waals surface area contributed by atoms with Gasteiger partial charge >= 0.3 is 0 Å². The van der Waals surface area contributed by atoms with Gasteiger partial charge in [-0.3, -0.25) is 0 Å². The Hall–Kier alpha value is -13.6. The molecule has 0 saturated heterocycles. The summed E-state index contributed by atoms with van der Waals surface area (Å²) >= 11 is 0. The topological polar surface area (TPSA) is 65.5 Å². The highest BCUT2D eigenvalue weighted by molar-refractivity contribution is 6.18. The fourth-order valence-corrected chi connectivity index (χ4v) is 16.5. The Morgan fingerprint density at radius 1 is 0.185 bits per heavy atom. The van der Waals surface area contributed by atoms with E-state index >= 15 is 0 Å². The molecule has 0 fully saturated rings. The van der Waals surface area contributed by atoms with Crippen LogP contribution in [0.25, 0.3) is 120 Å². The lowest BCUT2D eigenvalue weighted by Gasteiger charge is -2.29. The highest BCUT2D eigenvalue weighted by Gasteiger charge is 2.25. The summed E-state index contributed by atoms with van der Waals surface area (Å²) in [5.74, 6) is 0. The molecule has 0 amide bonds. The normalized spacial score (nSPS) is 11.9. The standard InChI is InChI=1S/C100H74N4O4/c1-59-21-29-72(30-22-59)101(73-31-23-60(2)24-32-73)76-36-40-80-85-46-68-47-86-81-41-37-77(56-98(81)106-94(86)51-70(68)50-93(85)105-97(80)55-76)102(74-33-25-61(3)26-34-74)75-35-27-62(4)84(54-75)67-28-44-92(66(8)45-67)104(91-20-14-11-17-65(91)7)79-39-43-83-88-49-69-48-87-82-42-38-78(57-99(82)107-95(87)52-71(69)53-96(88)108-100(83)58-79)103(89-18-12-9-15-63(89)5)90-19-13-10-16-64(90)6/h9-58H,1-8H3. The first-order chi connectivity index (χ1) is 52.7. The maximum absolute atomic E-state index is 6.91. The summed E-state index contributed by atoms with van der Waals surface area (Å²) in [4.78, 5) is 9.36. The van der Waals surface area contributed by atoms with Gasteiger partial charge in [0, 0.05) is 136 Å². The smallest absolute Gasteiger partial charge is 0.137 e. The molecular weight excluding hydrogens is 1320 g/mol. The van der Waals surface area contributed by atoms with Crippen LogP contribution in [0.3, 0.4) is 0 Å². The average molecular weight is 1400 g/mol. The van der Waals surface area contributed by atoms with Gasteiger partial charge in [0.1, 0.15) is 44.7 Å². The molecule has 0 saturated carbocycles. The van der Waals surface area contributed by atoms with E-state index in [1.54, 1.807) is 0 Å². The first kappa shape index (κ1) is 64.1. The number of nitrogens with zero attached hydrogens (tertiary/aromatic N) is 4. The second-order valence-electron chi connectivity index (χ2n) is 29.4. The molecule has 0 aliphatic carbocycles. The number of rotatable bonds is 13. The molecule has 0 N–H and O–H groups in total. The van der Waals surface area contributed by atoms with Gasteiger partial charge in [-0.2, -0.15) is 0 Å². The third-order valence-corrected chi connectivity index (χ3v) is 22.2. The molecule has 16 aromatic carbocycles. The van der Waals surface area contributed by atoms with Gasteiger partial charge in [0.2, 0.25) is 0 Å². The molecule has 108 heavy (non-hydrogen) atoms. The molecular formula is C100H74N4O4. The first-order valence-electron chi connectivity index (χ1n) is 37.1. The molecule has 4 aromatic heterocycles. The maximum Gasteiger partial charge on any atom is 0.137 e. The molecule has 8 nitrogen and oxygen atoms in total. The minimum atomic E-state index is 0.814. The number of furan rings is 4. The van der Waals surface area contributed by atoms with Crippen LogP contribution in [0.5, 0.6) is 0 Å². The monoisotopic (exact) mass is 1390 g/mol. The van der Waals surface area contributed by atoms with Crippen molar-refractivity contribution in [1.82, 2.24) is 0 Å². The molecule has 0 aliphatic heterocycles.